The Labute approximate surface area is 280 Å². The first-order chi connectivity index (χ1) is 23.5. The number of nitrogens with zero attached hydrogens (tertiary/aromatic N) is 2. The summed E-state index contributed by atoms with van der Waals surface area (Å²) < 4.78 is 4.85. The van der Waals surface area contributed by atoms with Gasteiger partial charge < -0.3 is 9.13 Å². The Balaban J connectivity index is 1.13. The Kier molecular flexibility index (Phi) is 5.58. The zero-order chi connectivity index (χ0) is 32.1. The monoisotopic (exact) mass is 614 g/mol. The Morgan fingerprint density at radius 2 is 0.938 bits per heavy atom. The molecule has 10 rings (SSSR count). The second-order valence-electron chi connectivity index (χ2n) is 13.9. The number of rotatable bonds is 3. The quantitative estimate of drug-likeness (QED) is 0.187. The lowest BCUT2D eigenvalue weighted by Gasteiger charge is -2.21. The predicted molar refractivity (Wildman–Crippen MR) is 203 cm³/mol. The fourth-order valence-corrected chi connectivity index (χ4v) is 8.37. The molecule has 0 amide bonds. The van der Waals surface area contributed by atoms with Crippen LogP contribution in [0.15, 0.2) is 152 Å². The van der Waals surface area contributed by atoms with Crippen molar-refractivity contribution >= 4 is 43.6 Å². The summed E-state index contributed by atoms with van der Waals surface area (Å²) in [7, 11) is 0. The molecule has 2 heteroatoms. The van der Waals surface area contributed by atoms with Crippen molar-refractivity contribution in [3.8, 4) is 33.6 Å². The van der Waals surface area contributed by atoms with Gasteiger partial charge in [-0.2, -0.15) is 0 Å². The molecule has 0 N–H and O–H groups in total. The molecule has 0 fully saturated rings. The van der Waals surface area contributed by atoms with Gasteiger partial charge in [0.25, 0.3) is 0 Å². The van der Waals surface area contributed by atoms with Crippen LogP contribution in [0.5, 0.6) is 0 Å². The van der Waals surface area contributed by atoms with Gasteiger partial charge in [-0.15, -0.1) is 0 Å². The van der Waals surface area contributed by atoms with Crippen LogP contribution in [0.4, 0.5) is 0 Å². The number of benzene rings is 7. The Morgan fingerprint density at radius 3 is 1.65 bits per heavy atom. The molecule has 0 unspecified atom stereocenters. The van der Waals surface area contributed by atoms with Crippen LogP contribution in [-0.4, -0.2) is 9.13 Å². The summed E-state index contributed by atoms with van der Waals surface area (Å²) in [6.07, 6.45) is 0. The Hall–Kier alpha value is -5.86. The number of aromatic nitrogens is 2. The first kappa shape index (κ1) is 27.3. The standard InChI is InChI=1S/C46H34N2/c1-29-16-21-32(22-17-29)47-42-14-8-5-11-35(42)37-25-20-31(26-44(37)47)30-18-23-33(24-19-30)48-43-15-9-6-12-36(43)39-27-41-38(28-45(39)48)34-10-4-7-13-40(34)46(41,2)3/h4-28H,1-3H3. The summed E-state index contributed by atoms with van der Waals surface area (Å²) in [5.74, 6) is 0. The first-order valence-electron chi connectivity index (χ1n) is 16.9. The van der Waals surface area contributed by atoms with Gasteiger partial charge in [0.2, 0.25) is 0 Å². The third kappa shape index (κ3) is 3.74. The minimum Gasteiger partial charge on any atom is -0.309 e. The number of aryl methyl sites for hydroxylation is 1. The van der Waals surface area contributed by atoms with Crippen molar-refractivity contribution in [2.45, 2.75) is 26.2 Å². The molecule has 2 aromatic heterocycles. The zero-order valence-electron chi connectivity index (χ0n) is 27.3. The molecule has 228 valence electrons. The van der Waals surface area contributed by atoms with Crippen LogP contribution in [0.25, 0.3) is 77.2 Å². The topological polar surface area (TPSA) is 9.86 Å². The van der Waals surface area contributed by atoms with E-state index in [0.29, 0.717) is 0 Å². The summed E-state index contributed by atoms with van der Waals surface area (Å²) in [5, 5.41) is 5.15. The van der Waals surface area contributed by atoms with Gasteiger partial charge >= 0.3 is 0 Å². The van der Waals surface area contributed by atoms with Crippen LogP contribution in [-0.2, 0) is 5.41 Å². The Bertz CT molecular complexity index is 2730. The number of fused-ring (bicyclic) bond motifs is 9. The van der Waals surface area contributed by atoms with Gasteiger partial charge in [-0.3, -0.25) is 0 Å². The van der Waals surface area contributed by atoms with Gasteiger partial charge in [-0.25, -0.2) is 0 Å². The largest absolute Gasteiger partial charge is 0.309 e. The van der Waals surface area contributed by atoms with Crippen molar-refractivity contribution in [1.82, 2.24) is 9.13 Å². The van der Waals surface area contributed by atoms with Crippen LogP contribution in [0.2, 0.25) is 0 Å². The average molecular weight is 615 g/mol. The van der Waals surface area contributed by atoms with Crippen LogP contribution in [0, 0.1) is 6.92 Å². The third-order valence-corrected chi connectivity index (χ3v) is 10.8. The highest BCUT2D eigenvalue weighted by Gasteiger charge is 2.36. The maximum atomic E-state index is 2.46. The second kappa shape index (κ2) is 9.82. The minimum atomic E-state index is -0.0305. The molecule has 9 aromatic rings. The van der Waals surface area contributed by atoms with Gasteiger partial charge in [0.05, 0.1) is 22.1 Å². The van der Waals surface area contributed by atoms with E-state index >= 15 is 0 Å². The van der Waals surface area contributed by atoms with Crippen molar-refractivity contribution in [2.24, 2.45) is 0 Å². The van der Waals surface area contributed by atoms with E-state index in [1.54, 1.807) is 0 Å². The molecule has 1 aliphatic carbocycles. The summed E-state index contributed by atoms with van der Waals surface area (Å²) >= 11 is 0. The highest BCUT2D eigenvalue weighted by atomic mass is 15.0. The lowest BCUT2D eigenvalue weighted by Crippen LogP contribution is -2.14. The van der Waals surface area contributed by atoms with E-state index in [0.717, 1.165) is 0 Å². The smallest absolute Gasteiger partial charge is 0.0547 e. The minimum absolute atomic E-state index is 0.0305. The molecule has 0 spiro atoms. The van der Waals surface area contributed by atoms with Crippen LogP contribution >= 0.6 is 0 Å². The zero-order valence-corrected chi connectivity index (χ0v) is 27.3. The average Bonchev–Trinajstić information content (AvgIpc) is 3.71. The van der Waals surface area contributed by atoms with Gasteiger partial charge in [0.15, 0.2) is 0 Å². The molecule has 0 radical (unpaired) electrons. The maximum absolute atomic E-state index is 2.46. The molecule has 1 aliphatic rings. The summed E-state index contributed by atoms with van der Waals surface area (Å²) in [5.41, 5.74) is 16.5. The third-order valence-electron chi connectivity index (χ3n) is 10.8. The molecule has 0 bridgehead atoms. The highest BCUT2D eigenvalue weighted by molar-refractivity contribution is 6.12. The van der Waals surface area contributed by atoms with Gasteiger partial charge in [0.1, 0.15) is 0 Å². The normalized spacial score (nSPS) is 13.5. The van der Waals surface area contributed by atoms with Crippen LogP contribution in [0.1, 0.15) is 30.5 Å². The van der Waals surface area contributed by atoms with Crippen molar-refractivity contribution < 1.29 is 0 Å². The summed E-state index contributed by atoms with van der Waals surface area (Å²) in [6, 6.07) is 56.3. The van der Waals surface area contributed by atoms with Crippen molar-refractivity contribution in [3.63, 3.8) is 0 Å². The molecule has 0 aliphatic heterocycles. The van der Waals surface area contributed by atoms with Crippen molar-refractivity contribution in [2.75, 3.05) is 0 Å². The SMILES string of the molecule is Cc1ccc(-n2c3ccccc3c3ccc(-c4ccc(-n5c6ccccc6c6cc7c(cc65)-c5ccccc5C7(C)C)cc4)cc32)cc1. The van der Waals surface area contributed by atoms with E-state index in [9.17, 15) is 0 Å². The van der Waals surface area contributed by atoms with Crippen molar-refractivity contribution in [3.05, 3.63) is 168 Å². The van der Waals surface area contributed by atoms with E-state index in [-0.39, 0.29) is 5.41 Å². The molecule has 0 saturated carbocycles. The van der Waals surface area contributed by atoms with Crippen molar-refractivity contribution in [1.29, 1.82) is 0 Å². The van der Waals surface area contributed by atoms with Gasteiger partial charge in [-0.05, 0) is 94.9 Å². The molecular formula is C46H34N2. The van der Waals surface area contributed by atoms with Crippen LogP contribution < -0.4 is 0 Å². The number of para-hydroxylation sites is 2. The second-order valence-corrected chi connectivity index (χ2v) is 13.9. The molecular weight excluding hydrogens is 581 g/mol. The predicted octanol–water partition coefficient (Wildman–Crippen LogP) is 12.2. The van der Waals surface area contributed by atoms with E-state index in [4.69, 9.17) is 0 Å². The molecule has 0 saturated heterocycles. The first-order valence-corrected chi connectivity index (χ1v) is 16.9. The maximum Gasteiger partial charge on any atom is 0.0547 e. The molecule has 2 nitrogen and oxygen atoms in total. The molecule has 0 atom stereocenters. The highest BCUT2D eigenvalue weighted by Crippen LogP contribution is 2.51. The molecule has 7 aromatic carbocycles. The molecule has 2 heterocycles. The van der Waals surface area contributed by atoms with Crippen LogP contribution in [0.3, 0.4) is 0 Å². The lowest BCUT2D eigenvalue weighted by molar-refractivity contribution is 0.661. The molecule has 48 heavy (non-hydrogen) atoms. The van der Waals surface area contributed by atoms with E-state index in [1.807, 2.05) is 0 Å². The lowest BCUT2D eigenvalue weighted by atomic mass is 9.82. The van der Waals surface area contributed by atoms with Gasteiger partial charge in [0, 0.05) is 38.3 Å². The van der Waals surface area contributed by atoms with Gasteiger partial charge in [-0.1, -0.05) is 116 Å². The summed E-state index contributed by atoms with van der Waals surface area (Å²) in [4.78, 5) is 0. The van der Waals surface area contributed by atoms with E-state index in [2.05, 4.69) is 182 Å². The summed E-state index contributed by atoms with van der Waals surface area (Å²) in [6.45, 7) is 6.86. The number of hydrogen-bond acceptors (Lipinski definition) is 0. The fourth-order valence-electron chi connectivity index (χ4n) is 8.37. The van der Waals surface area contributed by atoms with E-state index < -0.39 is 0 Å². The van der Waals surface area contributed by atoms with E-state index in [1.165, 1.54) is 93.9 Å². The Morgan fingerprint density at radius 1 is 0.396 bits per heavy atom. The fraction of sp³-hybridized carbons (Fsp3) is 0.0870. The number of hydrogen-bond donors (Lipinski definition) is 0.